The normalized spacial score (nSPS) is 20.3. The molecule has 0 aromatic heterocycles. The van der Waals surface area contributed by atoms with Gasteiger partial charge in [0.1, 0.15) is 11.4 Å². The highest BCUT2D eigenvalue weighted by Crippen LogP contribution is 2.28. The zero-order valence-electron chi connectivity index (χ0n) is 20.3. The van der Waals surface area contributed by atoms with Gasteiger partial charge in [0.05, 0.1) is 12.5 Å². The van der Waals surface area contributed by atoms with E-state index in [1.54, 1.807) is 0 Å². The summed E-state index contributed by atoms with van der Waals surface area (Å²) >= 11 is 6.28. The number of hydrogen-bond donors (Lipinski definition) is 0. The molecule has 0 fully saturated rings. The van der Waals surface area contributed by atoms with Gasteiger partial charge in [0.2, 0.25) is 0 Å². The minimum absolute atomic E-state index is 0.383. The Bertz CT molecular complexity index is 594. The molecule has 0 heterocycles. The fourth-order valence-electron chi connectivity index (χ4n) is 3.44. The lowest BCUT2D eigenvalue weighted by atomic mass is 9.96. The second-order valence-electron chi connectivity index (χ2n) is 9.54. The number of ether oxygens (including phenoxy) is 2. The Morgan fingerprint density at radius 1 is 0.967 bits per heavy atom. The van der Waals surface area contributed by atoms with Crippen LogP contribution in [-0.4, -0.2) is 24.7 Å². The van der Waals surface area contributed by atoms with Crippen molar-refractivity contribution >= 4 is 11.6 Å². The molecule has 0 N–H and O–H groups in total. The van der Waals surface area contributed by atoms with Crippen LogP contribution in [0.4, 0.5) is 0 Å². The summed E-state index contributed by atoms with van der Waals surface area (Å²) < 4.78 is 12.2. The van der Waals surface area contributed by atoms with Crippen LogP contribution in [0.3, 0.4) is 0 Å². The second-order valence-corrected chi connectivity index (χ2v) is 9.81. The summed E-state index contributed by atoms with van der Waals surface area (Å²) in [5, 5.41) is 0. The predicted octanol–water partition coefficient (Wildman–Crippen LogP) is 8.39. The third kappa shape index (κ3) is 12.0. The molecule has 172 valence electrons. The van der Waals surface area contributed by atoms with Crippen LogP contribution in [0.2, 0.25) is 0 Å². The monoisotopic (exact) mass is 436 g/mol. The number of alkyl halides is 1. The number of hydrogen-bond acceptors (Lipinski definition) is 2. The van der Waals surface area contributed by atoms with Crippen LogP contribution in [0.25, 0.3) is 0 Å². The van der Waals surface area contributed by atoms with E-state index in [1.165, 1.54) is 24.0 Å². The quantitative estimate of drug-likeness (QED) is 0.189. The van der Waals surface area contributed by atoms with Crippen LogP contribution >= 0.6 is 11.6 Å². The van der Waals surface area contributed by atoms with Crippen molar-refractivity contribution in [2.24, 2.45) is 11.8 Å². The van der Waals surface area contributed by atoms with Gasteiger partial charge in [0.25, 0.3) is 0 Å². The van der Waals surface area contributed by atoms with Gasteiger partial charge >= 0.3 is 0 Å². The third-order valence-electron chi connectivity index (χ3n) is 5.73. The summed E-state index contributed by atoms with van der Waals surface area (Å²) in [6.45, 7) is 14.8. The molecule has 1 rings (SSSR count). The molecule has 30 heavy (non-hydrogen) atoms. The topological polar surface area (TPSA) is 18.5 Å². The van der Waals surface area contributed by atoms with Gasteiger partial charge in [-0.3, -0.25) is 0 Å². The highest BCUT2D eigenvalue weighted by atomic mass is 35.5. The first-order valence-electron chi connectivity index (χ1n) is 11.7. The number of rotatable bonds is 15. The standard InChI is InChI=1S/C27H45ClO2/c1-22(2)9-7-11-24(5)15-19-29-26-13-17-27(21-28,18-14-26)30-20-16-25(6)12-8-10-23(3)4/h9-10,13-14,17,24-25H,7-8,11-12,15-16,18-21H2,1-6H3. The molecule has 3 unspecified atom stereocenters. The van der Waals surface area contributed by atoms with Crippen molar-refractivity contribution < 1.29 is 9.47 Å². The summed E-state index contributed by atoms with van der Waals surface area (Å²) in [5.41, 5.74) is 2.42. The van der Waals surface area contributed by atoms with Gasteiger partial charge < -0.3 is 9.47 Å². The molecule has 3 atom stereocenters. The van der Waals surface area contributed by atoms with Gasteiger partial charge in [-0.25, -0.2) is 0 Å². The van der Waals surface area contributed by atoms with E-state index in [1.807, 2.05) is 6.08 Å². The van der Waals surface area contributed by atoms with E-state index in [2.05, 4.69) is 65.8 Å². The average molecular weight is 437 g/mol. The molecule has 0 amide bonds. The predicted molar refractivity (Wildman–Crippen MR) is 132 cm³/mol. The van der Waals surface area contributed by atoms with E-state index in [0.29, 0.717) is 17.7 Å². The molecule has 0 saturated carbocycles. The average Bonchev–Trinajstić information content (AvgIpc) is 2.68. The highest BCUT2D eigenvalue weighted by molar-refractivity contribution is 6.18. The molecule has 0 aromatic carbocycles. The first-order chi connectivity index (χ1) is 14.3. The molecule has 0 bridgehead atoms. The summed E-state index contributed by atoms with van der Waals surface area (Å²) in [6, 6.07) is 0. The van der Waals surface area contributed by atoms with Crippen molar-refractivity contribution in [1.82, 2.24) is 0 Å². The van der Waals surface area contributed by atoms with Crippen molar-refractivity contribution in [2.45, 2.75) is 92.1 Å². The molecular weight excluding hydrogens is 392 g/mol. The maximum atomic E-state index is 6.28. The fraction of sp³-hybridized carbons (Fsp3) is 0.704. The molecular formula is C27H45ClO2. The first kappa shape index (κ1) is 27.0. The zero-order chi connectivity index (χ0) is 22.4. The molecule has 0 aromatic rings. The number of halogens is 1. The summed E-state index contributed by atoms with van der Waals surface area (Å²) in [7, 11) is 0. The molecule has 3 heteroatoms. The van der Waals surface area contributed by atoms with Crippen LogP contribution in [0.5, 0.6) is 0 Å². The highest BCUT2D eigenvalue weighted by Gasteiger charge is 2.29. The molecule has 0 radical (unpaired) electrons. The minimum Gasteiger partial charge on any atom is -0.494 e. The number of allylic oxidation sites excluding steroid dienone is 5. The van der Waals surface area contributed by atoms with Crippen LogP contribution in [0.15, 0.2) is 47.3 Å². The van der Waals surface area contributed by atoms with E-state index >= 15 is 0 Å². The van der Waals surface area contributed by atoms with Crippen molar-refractivity contribution in [3.63, 3.8) is 0 Å². The van der Waals surface area contributed by atoms with Crippen LogP contribution in [0, 0.1) is 11.8 Å². The summed E-state index contributed by atoms with van der Waals surface area (Å²) in [5.74, 6) is 2.76. The summed E-state index contributed by atoms with van der Waals surface area (Å²) in [6.07, 6.45) is 18.6. The van der Waals surface area contributed by atoms with Crippen molar-refractivity contribution in [2.75, 3.05) is 19.1 Å². The largest absolute Gasteiger partial charge is 0.494 e. The Kier molecular flexibility index (Phi) is 13.4. The first-order valence-corrected chi connectivity index (χ1v) is 12.3. The summed E-state index contributed by atoms with van der Waals surface area (Å²) in [4.78, 5) is 0. The lowest BCUT2D eigenvalue weighted by molar-refractivity contribution is 0.00152. The zero-order valence-corrected chi connectivity index (χ0v) is 21.1. The van der Waals surface area contributed by atoms with Crippen molar-refractivity contribution in [1.29, 1.82) is 0 Å². The van der Waals surface area contributed by atoms with E-state index in [0.717, 1.165) is 51.1 Å². The molecule has 1 aliphatic rings. The molecule has 1 aliphatic carbocycles. The minimum atomic E-state index is -0.383. The Hall–Kier alpha value is -0.990. The van der Waals surface area contributed by atoms with E-state index in [9.17, 15) is 0 Å². The molecule has 0 saturated heterocycles. The van der Waals surface area contributed by atoms with Gasteiger partial charge in [-0.1, -0.05) is 37.1 Å². The molecule has 0 aliphatic heterocycles. The molecule has 2 nitrogen and oxygen atoms in total. The van der Waals surface area contributed by atoms with E-state index < -0.39 is 0 Å². The van der Waals surface area contributed by atoms with Gasteiger partial charge in [0.15, 0.2) is 0 Å². The van der Waals surface area contributed by atoms with Crippen molar-refractivity contribution in [3.05, 3.63) is 47.3 Å². The van der Waals surface area contributed by atoms with E-state index in [-0.39, 0.29) is 5.60 Å². The van der Waals surface area contributed by atoms with E-state index in [4.69, 9.17) is 21.1 Å². The third-order valence-corrected chi connectivity index (χ3v) is 6.18. The Morgan fingerprint density at radius 2 is 1.53 bits per heavy atom. The van der Waals surface area contributed by atoms with Gasteiger partial charge in [-0.05, 0) is 96.3 Å². The van der Waals surface area contributed by atoms with Crippen LogP contribution < -0.4 is 0 Å². The Morgan fingerprint density at radius 3 is 2.00 bits per heavy atom. The van der Waals surface area contributed by atoms with Gasteiger partial charge in [0, 0.05) is 13.0 Å². The lowest BCUT2D eigenvalue weighted by Gasteiger charge is -2.31. The Balaban J connectivity index is 2.30. The van der Waals surface area contributed by atoms with Gasteiger partial charge in [-0.2, -0.15) is 0 Å². The van der Waals surface area contributed by atoms with Crippen molar-refractivity contribution in [3.8, 4) is 0 Å². The maximum Gasteiger partial charge on any atom is 0.115 e. The fourth-order valence-corrected chi connectivity index (χ4v) is 3.71. The lowest BCUT2D eigenvalue weighted by Crippen LogP contribution is -2.34. The Labute approximate surface area is 191 Å². The van der Waals surface area contributed by atoms with Gasteiger partial charge in [-0.15, -0.1) is 11.6 Å². The smallest absolute Gasteiger partial charge is 0.115 e. The molecule has 0 spiro atoms. The second kappa shape index (κ2) is 14.9. The maximum absolute atomic E-state index is 6.28. The SMILES string of the molecule is CC(C)=CCCC(C)CCOC1=CCC(CCl)(OCCC(C)CCC=C(C)C)C=C1. The van der Waals surface area contributed by atoms with Crippen LogP contribution in [0.1, 0.15) is 86.5 Å². The van der Waals surface area contributed by atoms with Crippen LogP contribution in [-0.2, 0) is 9.47 Å².